The molecule has 1 amide bonds. The maximum Gasteiger partial charge on any atom is 0.222 e. The average Bonchev–Trinajstić information content (AvgIpc) is 2.47. The van der Waals surface area contributed by atoms with Crippen LogP contribution in [0.2, 0.25) is 0 Å². The molecule has 1 heterocycles. The molecule has 0 aromatic heterocycles. The number of hydrogen-bond donors (Lipinski definition) is 1. The monoisotopic (exact) mass is 298 g/mol. The molecule has 0 bridgehead atoms. The van der Waals surface area contributed by atoms with Gasteiger partial charge >= 0.3 is 0 Å². The van der Waals surface area contributed by atoms with E-state index in [1.807, 2.05) is 11.8 Å². The molecule has 116 valence electrons. The van der Waals surface area contributed by atoms with Gasteiger partial charge in [-0.1, -0.05) is 13.0 Å². The second-order valence-corrected chi connectivity index (χ2v) is 5.22. The predicted molar refractivity (Wildman–Crippen MR) is 74.6 cm³/mol. The number of halogens is 2. The highest BCUT2D eigenvalue weighted by atomic mass is 19.1. The predicted octanol–water partition coefficient (Wildman–Crippen LogP) is 1.55. The van der Waals surface area contributed by atoms with Crippen molar-refractivity contribution >= 4 is 5.91 Å². The zero-order valence-electron chi connectivity index (χ0n) is 12.1. The minimum Gasteiger partial charge on any atom is -0.387 e. The Morgan fingerprint density at radius 1 is 1.29 bits per heavy atom. The number of carbonyl (C=O) groups is 1. The molecule has 1 aromatic rings. The summed E-state index contributed by atoms with van der Waals surface area (Å²) in [5.41, 5.74) is 0.100. The van der Waals surface area contributed by atoms with Crippen molar-refractivity contribution in [2.24, 2.45) is 0 Å². The number of nitrogens with zero attached hydrogens (tertiary/aromatic N) is 2. The molecule has 4 nitrogen and oxygen atoms in total. The lowest BCUT2D eigenvalue weighted by atomic mass is 10.1. The van der Waals surface area contributed by atoms with Gasteiger partial charge in [0.1, 0.15) is 11.6 Å². The Balaban J connectivity index is 1.89. The molecule has 1 fully saturated rings. The molecule has 1 saturated heterocycles. The highest BCUT2D eigenvalue weighted by Crippen LogP contribution is 2.19. The molecule has 0 radical (unpaired) electrons. The summed E-state index contributed by atoms with van der Waals surface area (Å²) in [5.74, 6) is -1.27. The van der Waals surface area contributed by atoms with Gasteiger partial charge in [0.15, 0.2) is 0 Å². The summed E-state index contributed by atoms with van der Waals surface area (Å²) in [4.78, 5) is 15.3. The lowest BCUT2D eigenvalue weighted by Crippen LogP contribution is -2.49. The van der Waals surface area contributed by atoms with Crippen LogP contribution in [0.1, 0.15) is 25.0 Å². The van der Waals surface area contributed by atoms with E-state index < -0.39 is 17.7 Å². The smallest absolute Gasteiger partial charge is 0.222 e. The van der Waals surface area contributed by atoms with Crippen molar-refractivity contribution in [3.63, 3.8) is 0 Å². The Labute approximate surface area is 123 Å². The van der Waals surface area contributed by atoms with Gasteiger partial charge in [-0.25, -0.2) is 8.78 Å². The van der Waals surface area contributed by atoms with Crippen LogP contribution in [0.15, 0.2) is 18.2 Å². The fourth-order valence-corrected chi connectivity index (χ4v) is 2.52. The quantitative estimate of drug-likeness (QED) is 0.917. The minimum atomic E-state index is -1.00. The first-order chi connectivity index (χ1) is 10.0. The van der Waals surface area contributed by atoms with Crippen LogP contribution in [0.5, 0.6) is 0 Å². The number of hydrogen-bond acceptors (Lipinski definition) is 3. The third kappa shape index (κ3) is 3.98. The fourth-order valence-electron chi connectivity index (χ4n) is 2.52. The summed E-state index contributed by atoms with van der Waals surface area (Å²) in [6.45, 7) is 4.63. The second-order valence-electron chi connectivity index (χ2n) is 5.22. The number of aliphatic hydroxyl groups excluding tert-OH is 1. The van der Waals surface area contributed by atoms with Crippen LogP contribution in [-0.2, 0) is 4.79 Å². The maximum atomic E-state index is 13.6. The fraction of sp³-hybridized carbons (Fsp3) is 0.533. The number of aliphatic hydroxyl groups is 1. The molecule has 1 atom stereocenters. The molecule has 1 aliphatic heterocycles. The van der Waals surface area contributed by atoms with Gasteiger partial charge in [-0.3, -0.25) is 9.69 Å². The van der Waals surface area contributed by atoms with E-state index in [2.05, 4.69) is 0 Å². The molecule has 0 saturated carbocycles. The van der Waals surface area contributed by atoms with Gasteiger partial charge in [-0.05, 0) is 6.07 Å². The van der Waals surface area contributed by atoms with E-state index in [4.69, 9.17) is 0 Å². The molecule has 0 spiro atoms. The normalized spacial score (nSPS) is 17.8. The van der Waals surface area contributed by atoms with Gasteiger partial charge in [0, 0.05) is 50.8 Å². The van der Waals surface area contributed by atoms with Gasteiger partial charge < -0.3 is 10.0 Å². The topological polar surface area (TPSA) is 43.8 Å². The first-order valence-electron chi connectivity index (χ1n) is 7.14. The Kier molecular flexibility index (Phi) is 5.25. The van der Waals surface area contributed by atoms with Gasteiger partial charge in [-0.2, -0.15) is 0 Å². The summed E-state index contributed by atoms with van der Waals surface area (Å²) in [6.07, 6.45) is -0.511. The zero-order chi connectivity index (χ0) is 15.4. The van der Waals surface area contributed by atoms with Gasteiger partial charge in [0.2, 0.25) is 5.91 Å². The number of carbonyl (C=O) groups excluding carboxylic acids is 1. The van der Waals surface area contributed by atoms with Gasteiger partial charge in [0.25, 0.3) is 0 Å². The molecule has 2 rings (SSSR count). The van der Waals surface area contributed by atoms with E-state index in [-0.39, 0.29) is 18.0 Å². The number of β-amino-alcohol motifs (C(OH)–C–C–N with tert-alkyl or cyclic N) is 1. The molecule has 1 aliphatic rings. The summed E-state index contributed by atoms with van der Waals surface area (Å²) in [5, 5.41) is 10.1. The van der Waals surface area contributed by atoms with E-state index in [0.717, 1.165) is 12.1 Å². The lowest BCUT2D eigenvalue weighted by molar-refractivity contribution is -0.132. The van der Waals surface area contributed by atoms with Crippen LogP contribution in [0.3, 0.4) is 0 Å². The molecular formula is C15H20F2N2O2. The molecule has 1 aromatic carbocycles. The first kappa shape index (κ1) is 15.9. The molecule has 1 unspecified atom stereocenters. The van der Waals surface area contributed by atoms with Crippen molar-refractivity contribution in [1.82, 2.24) is 9.80 Å². The average molecular weight is 298 g/mol. The van der Waals surface area contributed by atoms with Crippen molar-refractivity contribution in [1.29, 1.82) is 0 Å². The minimum absolute atomic E-state index is 0.100. The van der Waals surface area contributed by atoms with Gasteiger partial charge in [0.05, 0.1) is 6.10 Å². The molecule has 1 N–H and O–H groups in total. The Morgan fingerprint density at radius 3 is 2.52 bits per heavy atom. The highest BCUT2D eigenvalue weighted by molar-refractivity contribution is 5.75. The van der Waals surface area contributed by atoms with Crippen molar-refractivity contribution < 1.29 is 18.7 Å². The Hall–Kier alpha value is -1.53. The van der Waals surface area contributed by atoms with E-state index in [1.54, 1.807) is 4.90 Å². The second kappa shape index (κ2) is 6.95. The standard InChI is InChI=1S/C15H20F2N2O2/c1-2-15(21)19-7-5-18(6-8-19)10-14(20)12-4-3-11(16)9-13(12)17/h3-4,9,14,20H,2,5-8,10H2,1H3. The largest absolute Gasteiger partial charge is 0.387 e. The van der Waals surface area contributed by atoms with Crippen LogP contribution < -0.4 is 0 Å². The van der Waals surface area contributed by atoms with Crippen molar-refractivity contribution in [3.05, 3.63) is 35.4 Å². The first-order valence-corrected chi connectivity index (χ1v) is 7.14. The maximum absolute atomic E-state index is 13.6. The number of benzene rings is 1. The van der Waals surface area contributed by atoms with Gasteiger partial charge in [-0.15, -0.1) is 0 Å². The van der Waals surface area contributed by atoms with Crippen LogP contribution in [0.4, 0.5) is 8.78 Å². The SMILES string of the molecule is CCC(=O)N1CCN(CC(O)c2ccc(F)cc2F)CC1. The van der Waals surface area contributed by atoms with E-state index >= 15 is 0 Å². The van der Waals surface area contributed by atoms with Crippen LogP contribution in [-0.4, -0.2) is 53.5 Å². The van der Waals surface area contributed by atoms with E-state index in [0.29, 0.717) is 32.6 Å². The lowest BCUT2D eigenvalue weighted by Gasteiger charge is -2.35. The van der Waals surface area contributed by atoms with E-state index in [9.17, 15) is 18.7 Å². The summed E-state index contributed by atoms with van der Waals surface area (Å²) in [7, 11) is 0. The number of rotatable bonds is 4. The summed E-state index contributed by atoms with van der Waals surface area (Å²) < 4.78 is 26.4. The molecule has 6 heteroatoms. The number of piperazine rings is 1. The zero-order valence-corrected chi connectivity index (χ0v) is 12.1. The van der Waals surface area contributed by atoms with E-state index in [1.165, 1.54) is 6.07 Å². The van der Waals surface area contributed by atoms with Crippen molar-refractivity contribution in [2.75, 3.05) is 32.7 Å². The van der Waals surface area contributed by atoms with Crippen molar-refractivity contribution in [3.8, 4) is 0 Å². The molecular weight excluding hydrogens is 278 g/mol. The van der Waals surface area contributed by atoms with Crippen LogP contribution >= 0.6 is 0 Å². The third-order valence-corrected chi connectivity index (χ3v) is 3.78. The Bertz CT molecular complexity index is 502. The molecule has 21 heavy (non-hydrogen) atoms. The van der Waals surface area contributed by atoms with Crippen LogP contribution in [0.25, 0.3) is 0 Å². The third-order valence-electron chi connectivity index (χ3n) is 3.78. The summed E-state index contributed by atoms with van der Waals surface area (Å²) >= 11 is 0. The number of amides is 1. The van der Waals surface area contributed by atoms with Crippen LogP contribution in [0, 0.1) is 11.6 Å². The Morgan fingerprint density at radius 2 is 1.95 bits per heavy atom. The molecule has 0 aliphatic carbocycles. The highest BCUT2D eigenvalue weighted by Gasteiger charge is 2.23. The summed E-state index contributed by atoms with van der Waals surface area (Å²) in [6, 6.07) is 3.18. The van der Waals surface area contributed by atoms with Crippen molar-refractivity contribution in [2.45, 2.75) is 19.4 Å².